The third-order valence-corrected chi connectivity index (χ3v) is 13.5. The van der Waals surface area contributed by atoms with E-state index in [0.29, 0.717) is 17.5 Å². The summed E-state index contributed by atoms with van der Waals surface area (Å²) in [6.45, 7) is 0. The molecule has 320 valence electrons. The molecule has 5 nitrogen and oxygen atoms in total. The molecule has 0 fully saturated rings. The lowest BCUT2D eigenvalue weighted by molar-refractivity contribution is 0.584. The van der Waals surface area contributed by atoms with Crippen LogP contribution in [-0.4, -0.2) is 21.0 Å². The second-order valence-electron chi connectivity index (χ2n) is 17.5. The lowest BCUT2D eigenvalue weighted by Crippen LogP contribution is -2.30. The number of furan rings is 1. The Balaban J connectivity index is 0.942. The molecule has 2 aromatic heterocycles. The predicted molar refractivity (Wildman–Crippen MR) is 277 cm³/mol. The zero-order valence-electron chi connectivity index (χ0n) is 36.9. The summed E-state index contributed by atoms with van der Waals surface area (Å²) in [5, 5.41) is 1.02. The van der Waals surface area contributed by atoms with E-state index in [0.717, 1.165) is 66.9 Å². The van der Waals surface area contributed by atoms with Crippen molar-refractivity contribution in [3.63, 3.8) is 0 Å². The lowest BCUT2D eigenvalue weighted by atomic mass is 9.81. The molecule has 1 aliphatic carbocycles. The first-order chi connectivity index (χ1) is 33.7. The second-order valence-corrected chi connectivity index (χ2v) is 17.5. The van der Waals surface area contributed by atoms with Crippen molar-refractivity contribution in [1.29, 1.82) is 0 Å². The monoisotopic (exact) mass is 870 g/mol. The van der Waals surface area contributed by atoms with E-state index in [1.165, 1.54) is 33.5 Å². The van der Waals surface area contributed by atoms with Crippen LogP contribution in [0, 0.1) is 0 Å². The van der Waals surface area contributed by atoms with Crippen LogP contribution in [0.15, 0.2) is 241 Å². The Hall–Kier alpha value is -8.93. The Bertz CT molecular complexity index is 3590. The van der Waals surface area contributed by atoms with E-state index in [1.807, 2.05) is 12.1 Å². The molecule has 9 aromatic carbocycles. The molecule has 2 unspecified atom stereocenters. The quantitative estimate of drug-likeness (QED) is 0.152. The lowest BCUT2D eigenvalue weighted by Gasteiger charge is -2.30. The largest absolute Gasteiger partial charge is 0.456 e. The van der Waals surface area contributed by atoms with Crippen LogP contribution >= 0.6 is 0 Å². The fourth-order valence-electron chi connectivity index (χ4n) is 10.3. The number of nitrogens with zero attached hydrogens (tertiary/aromatic N) is 4. The van der Waals surface area contributed by atoms with Crippen molar-refractivity contribution in [1.82, 2.24) is 15.0 Å². The fourth-order valence-corrected chi connectivity index (χ4v) is 10.3. The van der Waals surface area contributed by atoms with Gasteiger partial charge in [-0.05, 0) is 92.5 Å². The van der Waals surface area contributed by atoms with Gasteiger partial charge in [0.05, 0.1) is 6.04 Å². The average molecular weight is 871 g/mol. The van der Waals surface area contributed by atoms with E-state index in [4.69, 9.17) is 19.4 Å². The van der Waals surface area contributed by atoms with Gasteiger partial charge in [0.15, 0.2) is 17.5 Å². The van der Waals surface area contributed by atoms with Crippen LogP contribution in [0.3, 0.4) is 0 Å². The van der Waals surface area contributed by atoms with Crippen molar-refractivity contribution in [2.24, 2.45) is 0 Å². The van der Waals surface area contributed by atoms with Crippen LogP contribution in [0.4, 0.5) is 11.4 Å². The number of aromatic nitrogens is 3. The SMILES string of the molecule is C1=CC2C(c3ccccc3N2c2cccc(-c3ccc(-c4ccccc4)cc3)c2)c2c1oc1cccc(-c3nc(-c4cccc(-c5ccccc5)c4)nc(-c4cccc(-c5ccccc5)c4)n3)c21. The molecule has 3 heterocycles. The number of hydrogen-bond acceptors (Lipinski definition) is 5. The smallest absolute Gasteiger partial charge is 0.164 e. The molecule has 0 amide bonds. The Morgan fingerprint density at radius 1 is 0.382 bits per heavy atom. The van der Waals surface area contributed by atoms with Gasteiger partial charge in [-0.1, -0.05) is 200 Å². The topological polar surface area (TPSA) is 55.1 Å². The molecular formula is C63H42N4O. The van der Waals surface area contributed by atoms with Crippen molar-refractivity contribution in [3.05, 3.63) is 253 Å². The Kier molecular flexibility index (Phi) is 9.57. The van der Waals surface area contributed by atoms with Gasteiger partial charge in [-0.3, -0.25) is 0 Å². The summed E-state index contributed by atoms with van der Waals surface area (Å²) in [4.78, 5) is 18.4. The third kappa shape index (κ3) is 6.92. The number of rotatable bonds is 8. The molecule has 0 bridgehead atoms. The molecule has 68 heavy (non-hydrogen) atoms. The standard InChI is InChI=1S/C63H42N4O/c1-4-16-41(17-5-1)44-32-34-45(35-33-44)48-24-14-27-51(40-48)67-54-30-11-10-28-52(54)58-55(67)36-37-57-60(58)59-53(29-15-31-56(59)68-57)63-65-61(49-25-12-22-46(38-49)42-18-6-2-7-19-42)64-62(66-63)50-26-13-23-47(39-50)43-20-8-3-9-21-43/h1-40,55,58H. The highest BCUT2D eigenvalue weighted by Crippen LogP contribution is 2.55. The van der Waals surface area contributed by atoms with Gasteiger partial charge in [-0.2, -0.15) is 0 Å². The molecule has 2 aliphatic rings. The van der Waals surface area contributed by atoms with E-state index in [1.54, 1.807) is 0 Å². The van der Waals surface area contributed by atoms with Crippen LogP contribution in [0.1, 0.15) is 22.8 Å². The van der Waals surface area contributed by atoms with Gasteiger partial charge < -0.3 is 9.32 Å². The Labute approximate surface area is 395 Å². The van der Waals surface area contributed by atoms with Crippen LogP contribution in [0.5, 0.6) is 0 Å². The number of benzene rings is 9. The molecule has 0 spiro atoms. The van der Waals surface area contributed by atoms with Crippen molar-refractivity contribution in [2.45, 2.75) is 12.0 Å². The van der Waals surface area contributed by atoms with Crippen LogP contribution in [-0.2, 0) is 0 Å². The van der Waals surface area contributed by atoms with Crippen LogP contribution in [0.2, 0.25) is 0 Å². The first kappa shape index (κ1) is 39.4. The van der Waals surface area contributed by atoms with E-state index < -0.39 is 0 Å². The number of fused-ring (bicyclic) bond motifs is 7. The fraction of sp³-hybridized carbons (Fsp3) is 0.0317. The minimum absolute atomic E-state index is 0.00426. The molecule has 0 saturated heterocycles. The summed E-state index contributed by atoms with van der Waals surface area (Å²) in [5.41, 5.74) is 17.5. The summed E-state index contributed by atoms with van der Waals surface area (Å²) < 4.78 is 6.82. The highest BCUT2D eigenvalue weighted by Gasteiger charge is 2.44. The maximum atomic E-state index is 6.82. The molecule has 13 rings (SSSR count). The maximum absolute atomic E-state index is 6.82. The second kappa shape index (κ2) is 16.5. The molecular weight excluding hydrogens is 829 g/mol. The average Bonchev–Trinajstić information content (AvgIpc) is 3.98. The molecule has 2 atom stereocenters. The summed E-state index contributed by atoms with van der Waals surface area (Å²) in [5.74, 6) is 2.64. The van der Waals surface area contributed by atoms with Crippen LogP contribution < -0.4 is 4.90 Å². The summed E-state index contributed by atoms with van der Waals surface area (Å²) >= 11 is 0. The zero-order chi connectivity index (χ0) is 45.0. The molecule has 5 heteroatoms. The first-order valence-corrected chi connectivity index (χ1v) is 23.2. The molecule has 1 aliphatic heterocycles. The van der Waals surface area contributed by atoms with Crippen molar-refractivity contribution in [2.75, 3.05) is 4.90 Å². The number of para-hydroxylation sites is 1. The van der Waals surface area contributed by atoms with Crippen molar-refractivity contribution < 1.29 is 4.42 Å². The third-order valence-electron chi connectivity index (χ3n) is 13.5. The van der Waals surface area contributed by atoms with Crippen molar-refractivity contribution >= 4 is 28.4 Å². The molecule has 11 aromatic rings. The molecule has 0 radical (unpaired) electrons. The number of anilines is 2. The number of hydrogen-bond donors (Lipinski definition) is 0. The van der Waals surface area contributed by atoms with Gasteiger partial charge in [0.1, 0.15) is 11.3 Å². The van der Waals surface area contributed by atoms with Crippen molar-refractivity contribution in [3.8, 4) is 78.7 Å². The van der Waals surface area contributed by atoms with Gasteiger partial charge in [0.2, 0.25) is 0 Å². The highest BCUT2D eigenvalue weighted by atomic mass is 16.3. The van der Waals surface area contributed by atoms with E-state index >= 15 is 0 Å². The normalized spacial score (nSPS) is 14.7. The highest BCUT2D eigenvalue weighted by molar-refractivity contribution is 6.00. The van der Waals surface area contributed by atoms with Gasteiger partial charge in [-0.15, -0.1) is 0 Å². The zero-order valence-corrected chi connectivity index (χ0v) is 36.9. The summed E-state index contributed by atoms with van der Waals surface area (Å²) in [7, 11) is 0. The van der Waals surface area contributed by atoms with Crippen LogP contribution in [0.25, 0.3) is 95.7 Å². The minimum atomic E-state index is -0.0201. The Morgan fingerprint density at radius 3 is 1.49 bits per heavy atom. The predicted octanol–water partition coefficient (Wildman–Crippen LogP) is 16.0. The molecule has 0 saturated carbocycles. The molecule has 0 N–H and O–H groups in total. The van der Waals surface area contributed by atoms with E-state index in [-0.39, 0.29) is 12.0 Å². The Morgan fingerprint density at radius 2 is 0.853 bits per heavy atom. The van der Waals surface area contributed by atoms with Gasteiger partial charge in [0.25, 0.3) is 0 Å². The van der Waals surface area contributed by atoms with E-state index in [9.17, 15) is 0 Å². The van der Waals surface area contributed by atoms with Gasteiger partial charge in [-0.25, -0.2) is 15.0 Å². The summed E-state index contributed by atoms with van der Waals surface area (Å²) in [6.07, 6.45) is 4.48. The van der Waals surface area contributed by atoms with Gasteiger partial charge >= 0.3 is 0 Å². The van der Waals surface area contributed by atoms with Gasteiger partial charge in [0, 0.05) is 44.9 Å². The minimum Gasteiger partial charge on any atom is -0.456 e. The maximum Gasteiger partial charge on any atom is 0.164 e. The summed E-state index contributed by atoms with van der Waals surface area (Å²) in [6, 6.07) is 81.3. The van der Waals surface area contributed by atoms with E-state index in [2.05, 4.69) is 235 Å². The first-order valence-electron chi connectivity index (χ1n) is 23.2.